The van der Waals surface area contributed by atoms with Gasteiger partial charge in [0.05, 0.1) is 11.5 Å². The van der Waals surface area contributed by atoms with Gasteiger partial charge in [0.2, 0.25) is 0 Å². The highest BCUT2D eigenvalue weighted by Crippen LogP contribution is 2.33. The minimum Gasteiger partial charge on any atom is -0.310 e. The van der Waals surface area contributed by atoms with Gasteiger partial charge in [0, 0.05) is 11.6 Å². The first kappa shape index (κ1) is 15.4. The van der Waals surface area contributed by atoms with E-state index >= 15 is 0 Å². The van der Waals surface area contributed by atoms with Crippen molar-refractivity contribution in [3.05, 3.63) is 35.1 Å². The van der Waals surface area contributed by atoms with E-state index in [2.05, 4.69) is 5.32 Å². The van der Waals surface area contributed by atoms with E-state index in [9.17, 15) is 12.8 Å². The zero-order valence-electron chi connectivity index (χ0n) is 12.0. The smallest absolute Gasteiger partial charge is 0.150 e. The summed E-state index contributed by atoms with van der Waals surface area (Å²) in [6, 6.07) is 4.82. The molecule has 0 radical (unpaired) electrons. The summed E-state index contributed by atoms with van der Waals surface area (Å²) in [7, 11) is -2.96. The number of sulfone groups is 1. The van der Waals surface area contributed by atoms with Crippen LogP contribution in [0.3, 0.4) is 0 Å². The van der Waals surface area contributed by atoms with E-state index in [0.717, 1.165) is 18.5 Å². The molecule has 1 heterocycles. The molecule has 3 nitrogen and oxygen atoms in total. The van der Waals surface area contributed by atoms with Gasteiger partial charge < -0.3 is 5.32 Å². The highest BCUT2D eigenvalue weighted by molar-refractivity contribution is 7.91. The SMILES string of the molecule is CCCNC(c1cc(C)ccc1F)C1CCS(=O)(=O)C1. The Hall–Kier alpha value is -0.940. The molecule has 0 saturated carbocycles. The number of hydrogen-bond donors (Lipinski definition) is 1. The van der Waals surface area contributed by atoms with Crippen LogP contribution in [-0.2, 0) is 9.84 Å². The van der Waals surface area contributed by atoms with Crippen LogP contribution in [0.4, 0.5) is 4.39 Å². The maximum Gasteiger partial charge on any atom is 0.150 e. The summed E-state index contributed by atoms with van der Waals surface area (Å²) in [5.74, 6) is 0.0771. The summed E-state index contributed by atoms with van der Waals surface area (Å²) >= 11 is 0. The minimum atomic E-state index is -2.96. The van der Waals surface area contributed by atoms with Gasteiger partial charge >= 0.3 is 0 Å². The van der Waals surface area contributed by atoms with Crippen LogP contribution in [0.25, 0.3) is 0 Å². The molecule has 20 heavy (non-hydrogen) atoms. The maximum atomic E-state index is 14.1. The van der Waals surface area contributed by atoms with Crippen LogP contribution in [0, 0.1) is 18.7 Å². The van der Waals surface area contributed by atoms with Crippen molar-refractivity contribution in [3.63, 3.8) is 0 Å². The second kappa shape index (κ2) is 6.22. The van der Waals surface area contributed by atoms with Gasteiger partial charge in [-0.25, -0.2) is 12.8 Å². The van der Waals surface area contributed by atoms with E-state index < -0.39 is 9.84 Å². The zero-order chi connectivity index (χ0) is 14.8. The highest BCUT2D eigenvalue weighted by atomic mass is 32.2. The molecule has 2 unspecified atom stereocenters. The molecule has 112 valence electrons. The molecule has 1 aromatic carbocycles. The summed E-state index contributed by atoms with van der Waals surface area (Å²) in [6.07, 6.45) is 1.54. The van der Waals surface area contributed by atoms with E-state index in [1.54, 1.807) is 6.07 Å². The van der Waals surface area contributed by atoms with Gasteiger partial charge in [-0.2, -0.15) is 0 Å². The number of rotatable bonds is 5. The first-order chi connectivity index (χ1) is 9.43. The lowest BCUT2D eigenvalue weighted by Gasteiger charge is -2.25. The Balaban J connectivity index is 2.30. The molecule has 5 heteroatoms. The summed E-state index contributed by atoms with van der Waals surface area (Å²) in [5.41, 5.74) is 1.59. The molecular formula is C15H22FNO2S. The fourth-order valence-electron chi connectivity index (χ4n) is 2.82. The second-order valence-electron chi connectivity index (χ2n) is 5.62. The lowest BCUT2D eigenvalue weighted by atomic mass is 9.91. The Morgan fingerprint density at radius 1 is 1.45 bits per heavy atom. The van der Waals surface area contributed by atoms with Gasteiger partial charge in [-0.15, -0.1) is 0 Å². The second-order valence-corrected chi connectivity index (χ2v) is 7.85. The van der Waals surface area contributed by atoms with Crippen LogP contribution in [0.5, 0.6) is 0 Å². The number of halogens is 1. The van der Waals surface area contributed by atoms with Crippen LogP contribution in [-0.4, -0.2) is 26.5 Å². The highest BCUT2D eigenvalue weighted by Gasteiger charge is 2.35. The van der Waals surface area contributed by atoms with Crippen molar-refractivity contribution in [2.45, 2.75) is 32.7 Å². The van der Waals surface area contributed by atoms with Gasteiger partial charge in [0.15, 0.2) is 9.84 Å². The molecule has 1 saturated heterocycles. The van der Waals surface area contributed by atoms with Gasteiger partial charge in [0.1, 0.15) is 5.82 Å². The molecule has 0 spiro atoms. The van der Waals surface area contributed by atoms with Crippen molar-refractivity contribution < 1.29 is 12.8 Å². The van der Waals surface area contributed by atoms with Crippen molar-refractivity contribution >= 4 is 9.84 Å². The standard InChI is InChI=1S/C15H22FNO2S/c1-3-7-17-15(12-6-8-20(18,19)10-12)13-9-11(2)4-5-14(13)16/h4-5,9,12,15,17H,3,6-8,10H2,1-2H3. The molecule has 1 aliphatic rings. The van der Waals surface area contributed by atoms with Gasteiger partial charge in [0.25, 0.3) is 0 Å². The molecule has 1 aliphatic heterocycles. The Labute approximate surface area is 120 Å². The predicted octanol–water partition coefficient (Wildman–Crippen LogP) is 2.61. The number of benzene rings is 1. The van der Waals surface area contributed by atoms with E-state index in [4.69, 9.17) is 0 Å². The number of hydrogen-bond acceptors (Lipinski definition) is 3. The Morgan fingerprint density at radius 2 is 2.20 bits per heavy atom. The van der Waals surface area contributed by atoms with Crippen LogP contribution >= 0.6 is 0 Å². The fourth-order valence-corrected chi connectivity index (χ4v) is 4.66. The lowest BCUT2D eigenvalue weighted by molar-refractivity contribution is 0.380. The molecule has 2 atom stereocenters. The normalized spacial score (nSPS) is 22.9. The third-order valence-corrected chi connectivity index (χ3v) is 5.63. The van der Waals surface area contributed by atoms with E-state index in [0.29, 0.717) is 12.0 Å². The van der Waals surface area contributed by atoms with Crippen LogP contribution in [0.15, 0.2) is 18.2 Å². The van der Waals surface area contributed by atoms with Crippen LogP contribution in [0.1, 0.15) is 36.9 Å². The van der Waals surface area contributed by atoms with Crippen LogP contribution < -0.4 is 5.32 Å². The van der Waals surface area contributed by atoms with Crippen molar-refractivity contribution in [2.24, 2.45) is 5.92 Å². The summed E-state index contributed by atoms with van der Waals surface area (Å²) < 4.78 is 37.5. The molecule has 1 fully saturated rings. The quantitative estimate of drug-likeness (QED) is 0.909. The molecule has 0 bridgehead atoms. The van der Waals surface area contributed by atoms with Crippen LogP contribution in [0.2, 0.25) is 0 Å². The fraction of sp³-hybridized carbons (Fsp3) is 0.600. The largest absolute Gasteiger partial charge is 0.310 e. The number of nitrogens with one attached hydrogen (secondary N) is 1. The Morgan fingerprint density at radius 3 is 2.80 bits per heavy atom. The van der Waals surface area contributed by atoms with E-state index in [1.807, 2.05) is 19.9 Å². The predicted molar refractivity (Wildman–Crippen MR) is 78.9 cm³/mol. The monoisotopic (exact) mass is 299 g/mol. The summed E-state index contributed by atoms with van der Waals surface area (Å²) in [5, 5.41) is 3.33. The van der Waals surface area contributed by atoms with Crippen molar-refractivity contribution in [3.8, 4) is 0 Å². The maximum absolute atomic E-state index is 14.1. The summed E-state index contributed by atoms with van der Waals surface area (Å²) in [6.45, 7) is 4.72. The number of aryl methyl sites for hydroxylation is 1. The third-order valence-electron chi connectivity index (χ3n) is 3.84. The minimum absolute atomic E-state index is 0.0390. The first-order valence-electron chi connectivity index (χ1n) is 7.13. The van der Waals surface area contributed by atoms with Crippen molar-refractivity contribution in [1.29, 1.82) is 0 Å². The van der Waals surface area contributed by atoms with Gasteiger partial charge in [-0.1, -0.05) is 24.6 Å². The third kappa shape index (κ3) is 3.58. The molecular weight excluding hydrogens is 277 g/mol. The Bertz CT molecular complexity index is 571. The first-order valence-corrected chi connectivity index (χ1v) is 8.95. The lowest BCUT2D eigenvalue weighted by Crippen LogP contribution is -2.30. The van der Waals surface area contributed by atoms with Crippen molar-refractivity contribution in [2.75, 3.05) is 18.1 Å². The molecule has 0 aliphatic carbocycles. The molecule has 0 amide bonds. The van der Waals surface area contributed by atoms with E-state index in [-0.39, 0.29) is 29.3 Å². The molecule has 2 rings (SSSR count). The molecule has 1 aromatic rings. The average Bonchev–Trinajstić information content (AvgIpc) is 2.74. The Kier molecular flexibility index (Phi) is 4.81. The van der Waals surface area contributed by atoms with Crippen molar-refractivity contribution in [1.82, 2.24) is 5.32 Å². The summed E-state index contributed by atoms with van der Waals surface area (Å²) in [4.78, 5) is 0. The molecule has 1 N–H and O–H groups in total. The zero-order valence-corrected chi connectivity index (χ0v) is 12.8. The van der Waals surface area contributed by atoms with Gasteiger partial charge in [-0.3, -0.25) is 0 Å². The van der Waals surface area contributed by atoms with Gasteiger partial charge in [-0.05, 0) is 38.3 Å². The average molecular weight is 299 g/mol. The molecule has 0 aromatic heterocycles. The van der Waals surface area contributed by atoms with E-state index in [1.165, 1.54) is 6.07 Å². The topological polar surface area (TPSA) is 46.2 Å².